The predicted molar refractivity (Wildman–Crippen MR) is 118 cm³/mol. The standard InChI is InChI=1S/C21H43N3OS/c1-4-7-8-9-10-11-12-13-14-15-16-17-20(25)23-21(26)22-18-19-24(5-2)6-3/h4-19H2,1-3H3,(H2,22,23,25,26). The second-order valence-corrected chi connectivity index (χ2v) is 7.52. The van der Waals surface area contributed by atoms with Crippen LogP contribution in [0.1, 0.15) is 97.8 Å². The van der Waals surface area contributed by atoms with E-state index in [2.05, 4.69) is 36.3 Å². The summed E-state index contributed by atoms with van der Waals surface area (Å²) in [6.07, 6.45) is 14.9. The number of likely N-dealkylation sites (N-methyl/N-ethyl adjacent to an activating group) is 1. The molecule has 0 aliphatic carbocycles. The van der Waals surface area contributed by atoms with E-state index in [1.807, 2.05) is 0 Å². The molecule has 0 aliphatic heterocycles. The van der Waals surface area contributed by atoms with Gasteiger partial charge in [-0.1, -0.05) is 85.0 Å². The van der Waals surface area contributed by atoms with Gasteiger partial charge in [0.15, 0.2) is 5.11 Å². The number of amides is 1. The number of nitrogens with zero attached hydrogens (tertiary/aromatic N) is 1. The Morgan fingerprint density at radius 3 is 1.81 bits per heavy atom. The number of unbranched alkanes of at least 4 members (excludes halogenated alkanes) is 10. The van der Waals surface area contributed by atoms with Crippen LogP contribution in [0, 0.1) is 0 Å². The molecule has 0 atom stereocenters. The molecule has 0 aliphatic rings. The van der Waals surface area contributed by atoms with Gasteiger partial charge >= 0.3 is 0 Å². The maximum Gasteiger partial charge on any atom is 0.226 e. The summed E-state index contributed by atoms with van der Waals surface area (Å²) in [4.78, 5) is 14.2. The van der Waals surface area contributed by atoms with Gasteiger partial charge in [0.2, 0.25) is 5.91 Å². The Morgan fingerprint density at radius 1 is 0.808 bits per heavy atom. The normalized spacial score (nSPS) is 10.9. The fraction of sp³-hybridized carbons (Fsp3) is 0.905. The number of hydrogen-bond donors (Lipinski definition) is 2. The summed E-state index contributed by atoms with van der Waals surface area (Å²) >= 11 is 5.18. The molecule has 0 aromatic carbocycles. The molecule has 0 saturated heterocycles. The lowest BCUT2D eigenvalue weighted by Crippen LogP contribution is -2.42. The molecule has 0 aromatic rings. The SMILES string of the molecule is CCCCCCCCCCCCCC(=O)NC(=S)NCCN(CC)CC. The minimum Gasteiger partial charge on any atom is -0.361 e. The van der Waals surface area contributed by atoms with E-state index in [1.165, 1.54) is 57.8 Å². The summed E-state index contributed by atoms with van der Waals surface area (Å²) in [5, 5.41) is 6.36. The summed E-state index contributed by atoms with van der Waals surface area (Å²) in [5.74, 6) is 0.0428. The highest BCUT2D eigenvalue weighted by Gasteiger charge is 2.05. The summed E-state index contributed by atoms with van der Waals surface area (Å²) < 4.78 is 0. The summed E-state index contributed by atoms with van der Waals surface area (Å²) in [6.45, 7) is 10.4. The number of carbonyl (C=O) groups excluding carboxylic acids is 1. The Morgan fingerprint density at radius 2 is 1.31 bits per heavy atom. The van der Waals surface area contributed by atoms with Crippen molar-refractivity contribution in [1.82, 2.24) is 15.5 Å². The minimum atomic E-state index is 0.0428. The summed E-state index contributed by atoms with van der Waals surface area (Å²) in [5.41, 5.74) is 0. The molecule has 0 radical (unpaired) electrons. The van der Waals surface area contributed by atoms with Crippen LogP contribution in [0.3, 0.4) is 0 Å². The number of carbonyl (C=O) groups is 1. The quantitative estimate of drug-likeness (QED) is 0.272. The molecule has 26 heavy (non-hydrogen) atoms. The Labute approximate surface area is 167 Å². The first-order chi connectivity index (χ1) is 12.6. The lowest BCUT2D eigenvalue weighted by molar-refractivity contribution is -0.119. The fourth-order valence-corrected chi connectivity index (χ4v) is 3.27. The number of rotatable bonds is 17. The van der Waals surface area contributed by atoms with Crippen LogP contribution in [0.15, 0.2) is 0 Å². The van der Waals surface area contributed by atoms with Crippen LogP contribution in [0.5, 0.6) is 0 Å². The third-order valence-corrected chi connectivity index (χ3v) is 5.11. The molecule has 0 unspecified atom stereocenters. The van der Waals surface area contributed by atoms with E-state index >= 15 is 0 Å². The van der Waals surface area contributed by atoms with E-state index in [0.717, 1.165) is 39.0 Å². The minimum absolute atomic E-state index is 0.0428. The molecular formula is C21H43N3OS. The third kappa shape index (κ3) is 16.8. The van der Waals surface area contributed by atoms with E-state index in [9.17, 15) is 4.79 Å². The molecule has 0 aromatic heterocycles. The first-order valence-electron chi connectivity index (χ1n) is 10.9. The zero-order valence-electron chi connectivity index (χ0n) is 17.6. The molecular weight excluding hydrogens is 342 g/mol. The Kier molecular flexibility index (Phi) is 18.6. The zero-order chi connectivity index (χ0) is 19.5. The average Bonchev–Trinajstić information content (AvgIpc) is 2.63. The maximum absolute atomic E-state index is 11.9. The van der Waals surface area contributed by atoms with Gasteiger partial charge in [-0.05, 0) is 31.7 Å². The van der Waals surface area contributed by atoms with Gasteiger partial charge in [-0.15, -0.1) is 0 Å². The molecule has 0 bridgehead atoms. The van der Waals surface area contributed by atoms with E-state index in [1.54, 1.807) is 0 Å². The van der Waals surface area contributed by atoms with Crippen LogP contribution in [0.4, 0.5) is 0 Å². The van der Waals surface area contributed by atoms with Crippen molar-refractivity contribution in [3.63, 3.8) is 0 Å². The Balaban J connectivity index is 3.41. The van der Waals surface area contributed by atoms with Crippen molar-refractivity contribution >= 4 is 23.2 Å². The van der Waals surface area contributed by atoms with Gasteiger partial charge in [-0.25, -0.2) is 0 Å². The monoisotopic (exact) mass is 385 g/mol. The van der Waals surface area contributed by atoms with Gasteiger partial charge in [0.25, 0.3) is 0 Å². The van der Waals surface area contributed by atoms with Crippen LogP contribution < -0.4 is 10.6 Å². The van der Waals surface area contributed by atoms with Crippen molar-refractivity contribution < 1.29 is 4.79 Å². The van der Waals surface area contributed by atoms with Crippen molar-refractivity contribution in [1.29, 1.82) is 0 Å². The van der Waals surface area contributed by atoms with Crippen LogP contribution in [-0.4, -0.2) is 42.1 Å². The zero-order valence-corrected chi connectivity index (χ0v) is 18.4. The van der Waals surface area contributed by atoms with Gasteiger partial charge < -0.3 is 15.5 Å². The smallest absolute Gasteiger partial charge is 0.226 e. The number of nitrogens with one attached hydrogen (secondary N) is 2. The topological polar surface area (TPSA) is 44.4 Å². The van der Waals surface area contributed by atoms with Gasteiger partial charge in [0.1, 0.15) is 0 Å². The second-order valence-electron chi connectivity index (χ2n) is 7.12. The highest BCUT2D eigenvalue weighted by Crippen LogP contribution is 2.11. The number of thiocarbonyl (C=S) groups is 1. The molecule has 0 heterocycles. The first-order valence-corrected chi connectivity index (χ1v) is 11.3. The van der Waals surface area contributed by atoms with Crippen molar-refractivity contribution in [2.75, 3.05) is 26.2 Å². The second kappa shape index (κ2) is 19.1. The van der Waals surface area contributed by atoms with Crippen molar-refractivity contribution in [3.05, 3.63) is 0 Å². The van der Waals surface area contributed by atoms with E-state index in [-0.39, 0.29) is 5.91 Å². The third-order valence-electron chi connectivity index (χ3n) is 4.87. The molecule has 0 fully saturated rings. The lowest BCUT2D eigenvalue weighted by atomic mass is 10.1. The fourth-order valence-electron chi connectivity index (χ4n) is 3.05. The van der Waals surface area contributed by atoms with E-state index < -0.39 is 0 Å². The summed E-state index contributed by atoms with van der Waals surface area (Å²) in [7, 11) is 0. The van der Waals surface area contributed by atoms with Crippen molar-refractivity contribution in [3.8, 4) is 0 Å². The molecule has 2 N–H and O–H groups in total. The maximum atomic E-state index is 11.9. The molecule has 4 nitrogen and oxygen atoms in total. The Bertz CT molecular complexity index is 346. The van der Waals surface area contributed by atoms with Crippen molar-refractivity contribution in [2.45, 2.75) is 97.8 Å². The average molecular weight is 386 g/mol. The van der Waals surface area contributed by atoms with Crippen LogP contribution in [-0.2, 0) is 4.79 Å². The Hall–Kier alpha value is -0.680. The van der Waals surface area contributed by atoms with Crippen LogP contribution in [0.2, 0.25) is 0 Å². The van der Waals surface area contributed by atoms with Crippen LogP contribution >= 0.6 is 12.2 Å². The molecule has 154 valence electrons. The van der Waals surface area contributed by atoms with Gasteiger partial charge in [0.05, 0.1) is 0 Å². The van der Waals surface area contributed by atoms with E-state index in [4.69, 9.17) is 12.2 Å². The summed E-state index contributed by atoms with van der Waals surface area (Å²) in [6, 6.07) is 0. The van der Waals surface area contributed by atoms with E-state index in [0.29, 0.717) is 11.5 Å². The molecule has 0 rings (SSSR count). The highest BCUT2D eigenvalue weighted by atomic mass is 32.1. The molecule has 0 spiro atoms. The highest BCUT2D eigenvalue weighted by molar-refractivity contribution is 7.80. The van der Waals surface area contributed by atoms with Gasteiger partial charge in [0, 0.05) is 19.5 Å². The molecule has 5 heteroatoms. The molecule has 0 saturated carbocycles. The molecule has 1 amide bonds. The largest absolute Gasteiger partial charge is 0.361 e. The lowest BCUT2D eigenvalue weighted by Gasteiger charge is -2.18. The first kappa shape index (κ1) is 25.3. The van der Waals surface area contributed by atoms with Gasteiger partial charge in [-0.3, -0.25) is 4.79 Å². The van der Waals surface area contributed by atoms with Gasteiger partial charge in [-0.2, -0.15) is 0 Å². The number of hydrogen-bond acceptors (Lipinski definition) is 3. The predicted octanol–water partition coefficient (Wildman–Crippen LogP) is 5.02. The van der Waals surface area contributed by atoms with Crippen molar-refractivity contribution in [2.24, 2.45) is 0 Å². The van der Waals surface area contributed by atoms with Crippen LogP contribution in [0.25, 0.3) is 0 Å².